The van der Waals surface area contributed by atoms with Crippen molar-refractivity contribution in [2.24, 2.45) is 0 Å². The van der Waals surface area contributed by atoms with E-state index in [4.69, 9.17) is 11.6 Å². The van der Waals surface area contributed by atoms with Crippen molar-refractivity contribution >= 4 is 23.0 Å². The van der Waals surface area contributed by atoms with Crippen molar-refractivity contribution in [2.75, 3.05) is 23.7 Å². The number of halogens is 4. The van der Waals surface area contributed by atoms with Gasteiger partial charge in [-0.25, -0.2) is 0 Å². The molecule has 0 radical (unpaired) electrons. The quantitative estimate of drug-likeness (QED) is 0.823. The Morgan fingerprint density at radius 3 is 2.13 bits per heavy atom. The van der Waals surface area contributed by atoms with E-state index in [1.165, 1.54) is 6.07 Å². The summed E-state index contributed by atoms with van der Waals surface area (Å²) >= 11 is 5.83. The summed E-state index contributed by atoms with van der Waals surface area (Å²) in [5.74, 6) is 0. The zero-order valence-electron chi connectivity index (χ0n) is 12.3. The van der Waals surface area contributed by atoms with Crippen LogP contribution in [0.15, 0.2) is 36.4 Å². The molecular formula is C17H16ClF3N2. The summed E-state index contributed by atoms with van der Waals surface area (Å²) in [6, 6.07) is 10.0. The van der Waals surface area contributed by atoms with Crippen LogP contribution in [0.5, 0.6) is 0 Å². The Kier molecular flexibility index (Phi) is 4.39. The first-order valence-electron chi connectivity index (χ1n) is 7.40. The Morgan fingerprint density at radius 1 is 0.913 bits per heavy atom. The molecule has 122 valence electrons. The number of hydrogen-bond donors (Lipinski definition) is 2. The molecule has 0 aliphatic carbocycles. The zero-order chi connectivity index (χ0) is 16.4. The van der Waals surface area contributed by atoms with Gasteiger partial charge in [-0.1, -0.05) is 23.7 Å². The van der Waals surface area contributed by atoms with Crippen LogP contribution < -0.4 is 10.6 Å². The highest BCUT2D eigenvalue weighted by Gasteiger charge is 2.34. The number of alkyl halides is 3. The SMILES string of the molecule is FC(F)(F)c1cc2c(cc1CCc1ccc(Cl)cc1)NCCN2. The van der Waals surface area contributed by atoms with Gasteiger partial charge in [0.1, 0.15) is 0 Å². The molecule has 2 N–H and O–H groups in total. The Hall–Kier alpha value is -1.88. The second kappa shape index (κ2) is 6.32. The molecular weight excluding hydrogens is 325 g/mol. The van der Waals surface area contributed by atoms with E-state index in [9.17, 15) is 13.2 Å². The third-order valence-corrected chi connectivity index (χ3v) is 4.15. The van der Waals surface area contributed by atoms with Gasteiger partial charge in [-0.15, -0.1) is 0 Å². The normalized spacial score (nSPS) is 13.9. The van der Waals surface area contributed by atoms with Gasteiger partial charge in [0.2, 0.25) is 0 Å². The molecule has 2 aromatic carbocycles. The summed E-state index contributed by atoms with van der Waals surface area (Å²) in [7, 11) is 0. The minimum atomic E-state index is -4.36. The minimum Gasteiger partial charge on any atom is -0.382 e. The summed E-state index contributed by atoms with van der Waals surface area (Å²) < 4.78 is 40.0. The molecule has 1 aliphatic rings. The zero-order valence-corrected chi connectivity index (χ0v) is 13.1. The first-order chi connectivity index (χ1) is 10.9. The van der Waals surface area contributed by atoms with Gasteiger partial charge in [0.15, 0.2) is 0 Å². The maximum Gasteiger partial charge on any atom is 0.416 e. The van der Waals surface area contributed by atoms with Crippen molar-refractivity contribution in [1.82, 2.24) is 0 Å². The number of hydrogen-bond acceptors (Lipinski definition) is 2. The van der Waals surface area contributed by atoms with Gasteiger partial charge in [0.05, 0.1) is 16.9 Å². The van der Waals surface area contributed by atoms with E-state index in [1.54, 1.807) is 18.2 Å². The van der Waals surface area contributed by atoms with Crippen LogP contribution >= 0.6 is 11.6 Å². The van der Waals surface area contributed by atoms with Crippen LogP contribution in [0.25, 0.3) is 0 Å². The van der Waals surface area contributed by atoms with E-state index in [0.29, 0.717) is 42.2 Å². The molecule has 0 atom stereocenters. The third-order valence-electron chi connectivity index (χ3n) is 3.90. The molecule has 1 heterocycles. The maximum atomic E-state index is 13.3. The van der Waals surface area contributed by atoms with Crippen molar-refractivity contribution < 1.29 is 13.2 Å². The molecule has 1 aliphatic heterocycles. The molecule has 0 saturated heterocycles. The Labute approximate surface area is 137 Å². The monoisotopic (exact) mass is 340 g/mol. The lowest BCUT2D eigenvalue weighted by Gasteiger charge is -2.23. The van der Waals surface area contributed by atoms with Crippen LogP contribution in [-0.4, -0.2) is 13.1 Å². The number of fused-ring (bicyclic) bond motifs is 1. The third kappa shape index (κ3) is 3.72. The van der Waals surface area contributed by atoms with E-state index in [-0.39, 0.29) is 0 Å². The number of nitrogens with one attached hydrogen (secondary N) is 2. The molecule has 0 fully saturated rings. The van der Waals surface area contributed by atoms with Crippen molar-refractivity contribution in [1.29, 1.82) is 0 Å². The molecule has 0 unspecified atom stereocenters. The van der Waals surface area contributed by atoms with Crippen molar-refractivity contribution in [2.45, 2.75) is 19.0 Å². The number of rotatable bonds is 3. The Morgan fingerprint density at radius 2 is 1.52 bits per heavy atom. The van der Waals surface area contributed by atoms with Crippen molar-refractivity contribution in [3.63, 3.8) is 0 Å². The Balaban J connectivity index is 1.88. The molecule has 0 aromatic heterocycles. The fourth-order valence-corrected chi connectivity index (χ4v) is 2.86. The molecule has 3 rings (SSSR count). The van der Waals surface area contributed by atoms with Gasteiger partial charge >= 0.3 is 6.18 Å². The van der Waals surface area contributed by atoms with Crippen LogP contribution in [0.1, 0.15) is 16.7 Å². The molecule has 6 heteroatoms. The van der Waals surface area contributed by atoms with Crippen molar-refractivity contribution in [3.8, 4) is 0 Å². The van der Waals surface area contributed by atoms with Crippen LogP contribution in [0.2, 0.25) is 5.02 Å². The Bertz CT molecular complexity index is 696. The summed E-state index contributed by atoms with van der Waals surface area (Å²) in [6.45, 7) is 1.32. The summed E-state index contributed by atoms with van der Waals surface area (Å²) in [4.78, 5) is 0. The average molecular weight is 341 g/mol. The lowest BCUT2D eigenvalue weighted by molar-refractivity contribution is -0.138. The van der Waals surface area contributed by atoms with E-state index in [0.717, 1.165) is 11.3 Å². The summed E-state index contributed by atoms with van der Waals surface area (Å²) in [5, 5.41) is 6.76. The summed E-state index contributed by atoms with van der Waals surface area (Å²) in [6.07, 6.45) is -3.50. The molecule has 0 spiro atoms. The molecule has 0 saturated carbocycles. The van der Waals surface area contributed by atoms with Gasteiger partial charge in [0.25, 0.3) is 0 Å². The fourth-order valence-electron chi connectivity index (χ4n) is 2.73. The molecule has 23 heavy (non-hydrogen) atoms. The first-order valence-corrected chi connectivity index (χ1v) is 7.77. The second-order valence-corrected chi connectivity index (χ2v) is 5.97. The molecule has 0 amide bonds. The van der Waals surface area contributed by atoms with E-state index >= 15 is 0 Å². The second-order valence-electron chi connectivity index (χ2n) is 5.53. The van der Waals surface area contributed by atoms with Crippen LogP contribution in [0.3, 0.4) is 0 Å². The fraction of sp³-hybridized carbons (Fsp3) is 0.294. The lowest BCUT2D eigenvalue weighted by atomic mass is 9.97. The highest BCUT2D eigenvalue weighted by atomic mass is 35.5. The highest BCUT2D eigenvalue weighted by Crippen LogP contribution is 2.38. The predicted molar refractivity (Wildman–Crippen MR) is 87.3 cm³/mol. The van der Waals surface area contributed by atoms with Crippen LogP contribution in [0, 0.1) is 0 Å². The smallest absolute Gasteiger partial charge is 0.382 e. The predicted octanol–water partition coefficient (Wildman–Crippen LogP) is 4.98. The van der Waals surface area contributed by atoms with Crippen LogP contribution in [-0.2, 0) is 19.0 Å². The van der Waals surface area contributed by atoms with Crippen molar-refractivity contribution in [3.05, 3.63) is 58.1 Å². The van der Waals surface area contributed by atoms with E-state index in [2.05, 4.69) is 10.6 Å². The molecule has 0 bridgehead atoms. The van der Waals surface area contributed by atoms with Gasteiger partial charge in [-0.2, -0.15) is 13.2 Å². The maximum absolute atomic E-state index is 13.3. The number of anilines is 2. The van der Waals surface area contributed by atoms with E-state index < -0.39 is 11.7 Å². The number of benzene rings is 2. The first kappa shape index (κ1) is 16.0. The lowest BCUT2D eigenvalue weighted by Crippen LogP contribution is -2.22. The average Bonchev–Trinajstić information content (AvgIpc) is 2.52. The number of aryl methyl sites for hydroxylation is 2. The van der Waals surface area contributed by atoms with Crippen LogP contribution in [0.4, 0.5) is 24.5 Å². The highest BCUT2D eigenvalue weighted by molar-refractivity contribution is 6.30. The molecule has 2 nitrogen and oxygen atoms in total. The minimum absolute atomic E-state index is 0.308. The summed E-state index contributed by atoms with van der Waals surface area (Å²) in [5.41, 5.74) is 1.95. The molecule has 2 aromatic rings. The van der Waals surface area contributed by atoms with Gasteiger partial charge in [0, 0.05) is 18.1 Å². The largest absolute Gasteiger partial charge is 0.416 e. The topological polar surface area (TPSA) is 24.1 Å². The van der Waals surface area contributed by atoms with Gasteiger partial charge in [-0.05, 0) is 48.2 Å². The van der Waals surface area contributed by atoms with Gasteiger partial charge < -0.3 is 10.6 Å². The van der Waals surface area contributed by atoms with Gasteiger partial charge in [-0.3, -0.25) is 0 Å². The standard InChI is InChI=1S/C17H16ClF3N2/c18-13-5-2-11(3-6-13)1-4-12-9-15-16(23-8-7-22-15)10-14(12)17(19,20)21/h2-3,5-6,9-10,22-23H,1,4,7-8H2. The van der Waals surface area contributed by atoms with E-state index in [1.807, 2.05) is 12.1 Å².